The van der Waals surface area contributed by atoms with Gasteiger partial charge >= 0.3 is 0 Å². The van der Waals surface area contributed by atoms with Crippen molar-refractivity contribution in [1.82, 2.24) is 10.3 Å². The molecule has 0 radical (unpaired) electrons. The molecule has 1 unspecified atom stereocenters. The molecule has 3 nitrogen and oxygen atoms in total. The molecule has 0 aliphatic heterocycles. The predicted molar refractivity (Wildman–Crippen MR) is 75.8 cm³/mol. The summed E-state index contributed by atoms with van der Waals surface area (Å²) in [5.41, 5.74) is 1.18. The standard InChI is InChI=1S/C15H26N2O/c1-4-6-7-13(5-2)12-18-15-9-8-14(10-16-3)11-17-15/h8-9,11,13,16H,4-7,10,12H2,1-3H3. The van der Waals surface area contributed by atoms with Crippen molar-refractivity contribution in [3.63, 3.8) is 0 Å². The van der Waals surface area contributed by atoms with Crippen molar-refractivity contribution in [3.05, 3.63) is 23.9 Å². The van der Waals surface area contributed by atoms with Crippen molar-refractivity contribution in [2.24, 2.45) is 5.92 Å². The number of rotatable bonds is 9. The Morgan fingerprint density at radius 2 is 2.17 bits per heavy atom. The van der Waals surface area contributed by atoms with Gasteiger partial charge in [-0.2, -0.15) is 0 Å². The summed E-state index contributed by atoms with van der Waals surface area (Å²) in [5, 5.41) is 3.11. The molecule has 1 aromatic heterocycles. The van der Waals surface area contributed by atoms with Gasteiger partial charge in [0.05, 0.1) is 6.61 Å². The molecule has 18 heavy (non-hydrogen) atoms. The number of hydrogen-bond donors (Lipinski definition) is 1. The number of ether oxygens (including phenoxy) is 1. The van der Waals surface area contributed by atoms with Crippen LogP contribution in [0.4, 0.5) is 0 Å². The van der Waals surface area contributed by atoms with Gasteiger partial charge in [0.2, 0.25) is 5.88 Å². The van der Waals surface area contributed by atoms with E-state index in [4.69, 9.17) is 4.74 Å². The van der Waals surface area contributed by atoms with Crippen molar-refractivity contribution in [3.8, 4) is 5.88 Å². The topological polar surface area (TPSA) is 34.1 Å². The van der Waals surface area contributed by atoms with Crippen LogP contribution in [-0.2, 0) is 6.54 Å². The Labute approximate surface area is 111 Å². The summed E-state index contributed by atoms with van der Waals surface area (Å²) in [5.74, 6) is 1.40. The average molecular weight is 250 g/mol. The quantitative estimate of drug-likeness (QED) is 0.729. The van der Waals surface area contributed by atoms with Crippen LogP contribution in [0.1, 0.15) is 45.1 Å². The Morgan fingerprint density at radius 1 is 1.33 bits per heavy atom. The molecule has 0 saturated heterocycles. The third-order valence-corrected chi connectivity index (χ3v) is 3.19. The van der Waals surface area contributed by atoms with E-state index < -0.39 is 0 Å². The SMILES string of the molecule is CCCCC(CC)COc1ccc(CNC)cn1. The number of hydrogen-bond acceptors (Lipinski definition) is 3. The van der Waals surface area contributed by atoms with Gasteiger partial charge in [0.25, 0.3) is 0 Å². The molecule has 0 amide bonds. The Balaban J connectivity index is 2.37. The number of pyridine rings is 1. The highest BCUT2D eigenvalue weighted by Crippen LogP contribution is 2.15. The van der Waals surface area contributed by atoms with Crippen LogP contribution < -0.4 is 10.1 Å². The summed E-state index contributed by atoms with van der Waals surface area (Å²) in [7, 11) is 1.93. The molecule has 1 N–H and O–H groups in total. The predicted octanol–water partition coefficient (Wildman–Crippen LogP) is 3.40. The first-order valence-electron chi connectivity index (χ1n) is 7.02. The largest absolute Gasteiger partial charge is 0.477 e. The number of unbranched alkanes of at least 4 members (excludes halogenated alkanes) is 1. The smallest absolute Gasteiger partial charge is 0.213 e. The Hall–Kier alpha value is -1.09. The van der Waals surface area contributed by atoms with Gasteiger partial charge in [-0.05, 0) is 24.9 Å². The zero-order valence-corrected chi connectivity index (χ0v) is 11.9. The van der Waals surface area contributed by atoms with Crippen molar-refractivity contribution in [2.45, 2.75) is 46.1 Å². The fourth-order valence-electron chi connectivity index (χ4n) is 1.91. The first-order chi connectivity index (χ1) is 8.80. The molecule has 102 valence electrons. The molecule has 0 aliphatic rings. The molecule has 0 saturated carbocycles. The van der Waals surface area contributed by atoms with E-state index in [1.165, 1.54) is 31.2 Å². The minimum absolute atomic E-state index is 0.656. The molecule has 1 aromatic rings. The second-order valence-electron chi connectivity index (χ2n) is 4.76. The van der Waals surface area contributed by atoms with Gasteiger partial charge in [0, 0.05) is 18.8 Å². The van der Waals surface area contributed by atoms with Gasteiger partial charge in [0.1, 0.15) is 0 Å². The molecule has 0 aliphatic carbocycles. The Bertz CT molecular complexity index is 311. The van der Waals surface area contributed by atoms with E-state index in [1.54, 1.807) is 0 Å². The minimum atomic E-state index is 0.656. The highest BCUT2D eigenvalue weighted by molar-refractivity contribution is 5.17. The van der Waals surface area contributed by atoms with Crippen LogP contribution in [0, 0.1) is 5.92 Å². The first kappa shape index (κ1) is 15.0. The summed E-state index contributed by atoms with van der Waals surface area (Å²) in [6.45, 7) is 6.10. The molecule has 1 atom stereocenters. The lowest BCUT2D eigenvalue weighted by atomic mass is 10.0. The van der Waals surface area contributed by atoms with Gasteiger partial charge in [0.15, 0.2) is 0 Å². The second-order valence-corrected chi connectivity index (χ2v) is 4.76. The van der Waals surface area contributed by atoms with E-state index in [2.05, 4.69) is 30.2 Å². The van der Waals surface area contributed by atoms with E-state index in [-0.39, 0.29) is 0 Å². The summed E-state index contributed by atoms with van der Waals surface area (Å²) >= 11 is 0. The molecule has 1 heterocycles. The van der Waals surface area contributed by atoms with Gasteiger partial charge < -0.3 is 10.1 Å². The summed E-state index contributed by atoms with van der Waals surface area (Å²) < 4.78 is 5.76. The van der Waals surface area contributed by atoms with Gasteiger partial charge in [-0.15, -0.1) is 0 Å². The molecule has 1 rings (SSSR count). The van der Waals surface area contributed by atoms with Crippen LogP contribution in [0.5, 0.6) is 5.88 Å². The monoisotopic (exact) mass is 250 g/mol. The van der Waals surface area contributed by atoms with Crippen LogP contribution >= 0.6 is 0 Å². The van der Waals surface area contributed by atoms with Crippen LogP contribution in [-0.4, -0.2) is 18.6 Å². The molecule has 3 heteroatoms. The van der Waals surface area contributed by atoms with E-state index in [9.17, 15) is 0 Å². The van der Waals surface area contributed by atoms with Gasteiger partial charge in [-0.25, -0.2) is 4.98 Å². The lowest BCUT2D eigenvalue weighted by molar-refractivity contribution is 0.226. The van der Waals surface area contributed by atoms with Crippen LogP contribution in [0.3, 0.4) is 0 Å². The maximum atomic E-state index is 5.76. The van der Waals surface area contributed by atoms with Crippen molar-refractivity contribution in [1.29, 1.82) is 0 Å². The number of nitrogens with one attached hydrogen (secondary N) is 1. The fourth-order valence-corrected chi connectivity index (χ4v) is 1.91. The average Bonchev–Trinajstić information content (AvgIpc) is 2.41. The van der Waals surface area contributed by atoms with Gasteiger partial charge in [-0.1, -0.05) is 39.2 Å². The first-order valence-corrected chi connectivity index (χ1v) is 7.02. The lowest BCUT2D eigenvalue weighted by Gasteiger charge is -2.15. The molecular formula is C15H26N2O. The maximum Gasteiger partial charge on any atom is 0.213 e. The van der Waals surface area contributed by atoms with E-state index in [0.29, 0.717) is 5.92 Å². The molecule has 0 spiro atoms. The van der Waals surface area contributed by atoms with Gasteiger partial charge in [-0.3, -0.25) is 0 Å². The van der Waals surface area contributed by atoms with E-state index in [1.807, 2.05) is 19.3 Å². The van der Waals surface area contributed by atoms with Crippen molar-refractivity contribution in [2.75, 3.05) is 13.7 Å². The second kappa shape index (κ2) is 8.92. The maximum absolute atomic E-state index is 5.76. The molecular weight excluding hydrogens is 224 g/mol. The lowest BCUT2D eigenvalue weighted by Crippen LogP contribution is -2.12. The van der Waals surface area contributed by atoms with E-state index >= 15 is 0 Å². The zero-order chi connectivity index (χ0) is 13.2. The Kier molecular flexibility index (Phi) is 7.42. The highest BCUT2D eigenvalue weighted by Gasteiger charge is 2.07. The van der Waals surface area contributed by atoms with E-state index in [0.717, 1.165) is 19.0 Å². The van der Waals surface area contributed by atoms with Crippen molar-refractivity contribution >= 4 is 0 Å². The highest BCUT2D eigenvalue weighted by atomic mass is 16.5. The third-order valence-electron chi connectivity index (χ3n) is 3.19. The third kappa shape index (κ3) is 5.50. The number of nitrogens with zero attached hydrogens (tertiary/aromatic N) is 1. The van der Waals surface area contributed by atoms with Crippen LogP contribution in [0.15, 0.2) is 18.3 Å². The van der Waals surface area contributed by atoms with Crippen LogP contribution in [0.25, 0.3) is 0 Å². The van der Waals surface area contributed by atoms with Crippen molar-refractivity contribution < 1.29 is 4.74 Å². The number of aromatic nitrogens is 1. The normalized spacial score (nSPS) is 12.4. The summed E-state index contributed by atoms with van der Waals surface area (Å²) in [6.07, 6.45) is 6.85. The minimum Gasteiger partial charge on any atom is -0.477 e. The fraction of sp³-hybridized carbons (Fsp3) is 0.667. The van der Waals surface area contributed by atoms with Crippen LogP contribution in [0.2, 0.25) is 0 Å². The molecule has 0 aromatic carbocycles. The molecule has 0 fully saturated rings. The zero-order valence-electron chi connectivity index (χ0n) is 11.9. The summed E-state index contributed by atoms with van der Waals surface area (Å²) in [6, 6.07) is 4.02. The Morgan fingerprint density at radius 3 is 2.72 bits per heavy atom. The summed E-state index contributed by atoms with van der Waals surface area (Å²) in [4.78, 5) is 4.32. The molecule has 0 bridgehead atoms.